The number of anilines is 1. The van der Waals surface area contributed by atoms with E-state index in [0.717, 1.165) is 23.3 Å². The monoisotopic (exact) mass is 238 g/mol. The molecule has 6 heteroatoms. The Bertz CT molecular complexity index is 466. The second-order valence-electron chi connectivity index (χ2n) is 4.11. The number of nitrogens with one attached hydrogen (secondary N) is 2. The predicted octanol–water partition coefficient (Wildman–Crippen LogP) is 0.0434. The van der Waals surface area contributed by atoms with Crippen LogP contribution in [0.15, 0.2) is 6.20 Å². The van der Waals surface area contributed by atoms with Crippen LogP contribution >= 0.6 is 11.3 Å². The summed E-state index contributed by atoms with van der Waals surface area (Å²) in [6, 6.07) is 0.355. The first-order valence-electron chi connectivity index (χ1n) is 5.24. The molecule has 2 aliphatic rings. The van der Waals surface area contributed by atoms with Crippen LogP contribution in [0.4, 0.5) is 5.00 Å². The van der Waals surface area contributed by atoms with Crippen LogP contribution in [0.2, 0.25) is 0 Å². The van der Waals surface area contributed by atoms with Gasteiger partial charge in [0.25, 0.3) is 0 Å². The summed E-state index contributed by atoms with van der Waals surface area (Å²) < 4.78 is 0. The van der Waals surface area contributed by atoms with Crippen molar-refractivity contribution < 1.29 is 5.11 Å². The first kappa shape index (κ1) is 10.1. The van der Waals surface area contributed by atoms with Crippen molar-refractivity contribution in [3.63, 3.8) is 0 Å². The Morgan fingerprint density at radius 2 is 2.38 bits per heavy atom. The Labute approximate surface area is 97.1 Å². The van der Waals surface area contributed by atoms with Crippen molar-refractivity contribution in [2.45, 2.75) is 25.1 Å². The molecule has 0 aromatic carbocycles. The second kappa shape index (κ2) is 3.46. The van der Waals surface area contributed by atoms with Gasteiger partial charge in [-0.3, -0.25) is 0 Å². The summed E-state index contributed by atoms with van der Waals surface area (Å²) in [5.41, 5.74) is 20.7. The summed E-state index contributed by atoms with van der Waals surface area (Å²) in [6.45, 7) is 0. The summed E-state index contributed by atoms with van der Waals surface area (Å²) in [5, 5.41) is 10.2. The number of thiophene rings is 1. The van der Waals surface area contributed by atoms with Gasteiger partial charge in [0.15, 0.2) is 0 Å². The zero-order chi connectivity index (χ0) is 11.3. The van der Waals surface area contributed by atoms with Crippen LogP contribution in [-0.2, 0) is 6.42 Å². The maximum atomic E-state index is 9.54. The number of aliphatic hydroxyl groups is 1. The second-order valence-corrected chi connectivity index (χ2v) is 5.16. The van der Waals surface area contributed by atoms with Crippen molar-refractivity contribution in [3.05, 3.63) is 22.2 Å². The minimum absolute atomic E-state index is 0.355. The lowest BCUT2D eigenvalue weighted by Gasteiger charge is -2.21. The number of nitrogen functional groups attached to an aromatic ring is 1. The van der Waals surface area contributed by atoms with Crippen molar-refractivity contribution >= 4 is 21.9 Å². The van der Waals surface area contributed by atoms with Gasteiger partial charge in [0.1, 0.15) is 6.23 Å². The first-order chi connectivity index (χ1) is 7.68. The fourth-order valence-electron chi connectivity index (χ4n) is 2.44. The van der Waals surface area contributed by atoms with E-state index in [9.17, 15) is 5.11 Å². The molecule has 16 heavy (non-hydrogen) atoms. The van der Waals surface area contributed by atoms with Crippen LogP contribution in [0.1, 0.15) is 28.7 Å². The van der Waals surface area contributed by atoms with Gasteiger partial charge in [-0.05, 0) is 18.4 Å². The number of aliphatic hydroxyl groups excluding tert-OH is 1. The largest absolute Gasteiger partial charge is 0.390 e. The highest BCUT2D eigenvalue weighted by atomic mass is 32.1. The molecule has 0 spiro atoms. The van der Waals surface area contributed by atoms with Gasteiger partial charge < -0.3 is 22.0 Å². The van der Waals surface area contributed by atoms with E-state index in [4.69, 9.17) is 11.5 Å². The van der Waals surface area contributed by atoms with Crippen LogP contribution < -0.4 is 22.3 Å². The summed E-state index contributed by atoms with van der Waals surface area (Å²) in [6.07, 6.45) is 2.90. The molecule has 2 unspecified atom stereocenters. The highest BCUT2D eigenvalue weighted by Gasteiger charge is 2.32. The van der Waals surface area contributed by atoms with E-state index in [0.29, 0.717) is 16.6 Å². The summed E-state index contributed by atoms with van der Waals surface area (Å²) in [5.74, 6) is 0. The number of nitrogens with two attached hydrogens (primary N) is 2. The minimum Gasteiger partial charge on any atom is -0.390 e. The van der Waals surface area contributed by atoms with Crippen molar-refractivity contribution in [3.8, 4) is 0 Å². The van der Waals surface area contributed by atoms with Crippen LogP contribution in [0.25, 0.3) is 5.57 Å². The molecule has 1 aliphatic heterocycles. The molecule has 0 saturated heterocycles. The molecular formula is C10H14N4OS. The summed E-state index contributed by atoms with van der Waals surface area (Å²) in [7, 11) is 0. The smallest absolute Gasteiger partial charge is 0.131 e. The van der Waals surface area contributed by atoms with E-state index < -0.39 is 6.23 Å². The van der Waals surface area contributed by atoms with Crippen molar-refractivity contribution in [1.82, 2.24) is 10.9 Å². The molecule has 0 saturated carbocycles. The lowest BCUT2D eigenvalue weighted by atomic mass is 9.89. The van der Waals surface area contributed by atoms with E-state index in [1.165, 1.54) is 16.9 Å². The predicted molar refractivity (Wildman–Crippen MR) is 64.2 cm³/mol. The van der Waals surface area contributed by atoms with Crippen molar-refractivity contribution in [2.75, 3.05) is 5.73 Å². The van der Waals surface area contributed by atoms with Gasteiger partial charge in [-0.1, -0.05) is 0 Å². The van der Waals surface area contributed by atoms with Crippen LogP contribution in [-0.4, -0.2) is 11.1 Å². The number of hydrogen-bond donors (Lipinski definition) is 5. The van der Waals surface area contributed by atoms with Gasteiger partial charge in [-0.15, -0.1) is 11.3 Å². The van der Waals surface area contributed by atoms with E-state index in [-0.39, 0.29) is 0 Å². The number of fused-ring (bicyclic) bond motifs is 3. The Kier molecular flexibility index (Phi) is 2.18. The third kappa shape index (κ3) is 1.28. The SMILES string of the molecule is Nc1sc2c(c1C(N)O)CCC1NNC=C21. The van der Waals surface area contributed by atoms with E-state index in [1.807, 2.05) is 6.20 Å². The van der Waals surface area contributed by atoms with Gasteiger partial charge >= 0.3 is 0 Å². The van der Waals surface area contributed by atoms with Crippen molar-refractivity contribution in [1.29, 1.82) is 0 Å². The van der Waals surface area contributed by atoms with Gasteiger partial charge in [-0.25, -0.2) is 5.43 Å². The number of rotatable bonds is 1. The van der Waals surface area contributed by atoms with Crippen molar-refractivity contribution in [2.24, 2.45) is 5.73 Å². The zero-order valence-electron chi connectivity index (χ0n) is 8.66. The maximum absolute atomic E-state index is 9.54. The number of hydrazine groups is 1. The molecule has 0 fully saturated rings. The highest BCUT2D eigenvalue weighted by molar-refractivity contribution is 7.17. The molecule has 1 aromatic heterocycles. The Balaban J connectivity index is 2.15. The normalized spacial score (nSPS) is 24.4. The van der Waals surface area contributed by atoms with Gasteiger partial charge in [0.05, 0.1) is 11.0 Å². The van der Waals surface area contributed by atoms with Gasteiger partial charge in [0.2, 0.25) is 0 Å². The standard InChI is InChI=1S/C10H14N4OS/c11-9(15)7-4-1-2-6-5(3-13-14-6)8(4)16-10(7)12/h3,6,9,13-15H,1-2,11-12H2. The molecule has 1 aliphatic carbocycles. The molecule has 5 nitrogen and oxygen atoms in total. The molecule has 3 rings (SSSR count). The fraction of sp³-hybridized carbons (Fsp3) is 0.400. The molecule has 86 valence electrons. The Hall–Kier alpha value is -1.08. The molecular weight excluding hydrogens is 224 g/mol. The van der Waals surface area contributed by atoms with Crippen LogP contribution in [0.5, 0.6) is 0 Å². The maximum Gasteiger partial charge on any atom is 0.131 e. The Morgan fingerprint density at radius 1 is 1.56 bits per heavy atom. The van der Waals surface area contributed by atoms with Gasteiger partial charge in [-0.2, -0.15) is 0 Å². The summed E-state index contributed by atoms with van der Waals surface area (Å²) in [4.78, 5) is 1.16. The first-order valence-corrected chi connectivity index (χ1v) is 6.06. The quantitative estimate of drug-likeness (QED) is 0.445. The Morgan fingerprint density at radius 3 is 3.12 bits per heavy atom. The van der Waals surface area contributed by atoms with E-state index in [2.05, 4.69) is 10.9 Å². The summed E-state index contributed by atoms with van der Waals surface area (Å²) >= 11 is 1.51. The van der Waals surface area contributed by atoms with E-state index in [1.54, 1.807) is 0 Å². The van der Waals surface area contributed by atoms with Crippen LogP contribution in [0, 0.1) is 0 Å². The highest BCUT2D eigenvalue weighted by Crippen LogP contribution is 2.43. The molecule has 7 N–H and O–H groups in total. The molecule has 0 bridgehead atoms. The van der Waals surface area contributed by atoms with E-state index >= 15 is 0 Å². The minimum atomic E-state index is -0.973. The topological polar surface area (TPSA) is 96.3 Å². The molecule has 2 atom stereocenters. The average Bonchev–Trinajstić information content (AvgIpc) is 2.78. The molecule has 0 amide bonds. The lowest BCUT2D eigenvalue weighted by molar-refractivity contribution is 0.186. The molecule has 2 heterocycles. The third-order valence-corrected chi connectivity index (χ3v) is 4.30. The zero-order valence-corrected chi connectivity index (χ0v) is 9.47. The molecule has 1 aromatic rings. The van der Waals surface area contributed by atoms with Gasteiger partial charge in [0, 0.05) is 22.2 Å². The third-order valence-electron chi connectivity index (χ3n) is 3.18. The average molecular weight is 238 g/mol. The molecule has 0 radical (unpaired) electrons. The lowest BCUT2D eigenvalue weighted by Crippen LogP contribution is -2.33. The van der Waals surface area contributed by atoms with Crippen LogP contribution in [0.3, 0.4) is 0 Å². The fourth-order valence-corrected chi connectivity index (χ4v) is 3.67. The number of hydrogen-bond acceptors (Lipinski definition) is 6.